The lowest BCUT2D eigenvalue weighted by atomic mass is 10.0. The van der Waals surface area contributed by atoms with Crippen molar-refractivity contribution in [3.8, 4) is 11.4 Å². The van der Waals surface area contributed by atoms with Gasteiger partial charge >= 0.3 is 0 Å². The molecule has 1 heterocycles. The summed E-state index contributed by atoms with van der Waals surface area (Å²) < 4.78 is 18.2. The van der Waals surface area contributed by atoms with Crippen LogP contribution in [0.3, 0.4) is 0 Å². The largest absolute Gasteiger partial charge is 0.339 e. The molecule has 0 aliphatic heterocycles. The Hall–Kier alpha value is -3.54. The quantitative estimate of drug-likeness (QED) is 0.564. The van der Waals surface area contributed by atoms with E-state index in [1.807, 2.05) is 42.5 Å². The maximum absolute atomic E-state index is 12.9. The minimum atomic E-state index is -0.347. The zero-order valence-corrected chi connectivity index (χ0v) is 14.4. The molecule has 5 nitrogen and oxygen atoms in total. The number of aromatic nitrogens is 2. The number of nitrogens with one attached hydrogen (secondary N) is 1. The van der Waals surface area contributed by atoms with Crippen LogP contribution in [0.4, 0.5) is 10.1 Å². The summed E-state index contributed by atoms with van der Waals surface area (Å²) in [6.07, 6.45) is 0.513. The van der Waals surface area contributed by atoms with Gasteiger partial charge in [-0.15, -0.1) is 0 Å². The summed E-state index contributed by atoms with van der Waals surface area (Å²) in [5.41, 5.74) is 1.43. The summed E-state index contributed by atoms with van der Waals surface area (Å²) in [7, 11) is 0. The Kier molecular flexibility index (Phi) is 4.61. The molecule has 0 saturated carbocycles. The smallest absolute Gasteiger partial charge is 0.227 e. The van der Waals surface area contributed by atoms with Gasteiger partial charge in [0, 0.05) is 24.1 Å². The van der Waals surface area contributed by atoms with Crippen LogP contribution in [0.1, 0.15) is 12.3 Å². The third kappa shape index (κ3) is 3.84. The highest BCUT2D eigenvalue weighted by atomic mass is 19.1. The monoisotopic (exact) mass is 361 g/mol. The normalized spacial score (nSPS) is 10.9. The van der Waals surface area contributed by atoms with Crippen LogP contribution in [0.5, 0.6) is 0 Å². The molecule has 1 amide bonds. The molecule has 0 atom stereocenters. The zero-order chi connectivity index (χ0) is 18.6. The first-order valence-corrected chi connectivity index (χ1v) is 8.55. The van der Waals surface area contributed by atoms with E-state index in [0.717, 1.165) is 16.3 Å². The van der Waals surface area contributed by atoms with Gasteiger partial charge in [-0.3, -0.25) is 4.79 Å². The fraction of sp³-hybridized carbons (Fsp3) is 0.0952. The van der Waals surface area contributed by atoms with E-state index in [9.17, 15) is 9.18 Å². The number of anilines is 1. The topological polar surface area (TPSA) is 68.0 Å². The van der Waals surface area contributed by atoms with Crippen LogP contribution < -0.4 is 5.32 Å². The molecule has 0 radical (unpaired) electrons. The van der Waals surface area contributed by atoms with Crippen molar-refractivity contribution in [2.45, 2.75) is 12.8 Å². The van der Waals surface area contributed by atoms with Crippen molar-refractivity contribution in [1.29, 1.82) is 0 Å². The Bertz CT molecular complexity index is 1080. The third-order valence-electron chi connectivity index (χ3n) is 4.19. The Morgan fingerprint density at radius 3 is 2.63 bits per heavy atom. The van der Waals surface area contributed by atoms with E-state index in [0.29, 0.717) is 23.8 Å². The number of hydrogen-bond donors (Lipinski definition) is 1. The lowest BCUT2D eigenvalue weighted by molar-refractivity contribution is -0.116. The predicted octanol–water partition coefficient (Wildman–Crippen LogP) is 4.60. The van der Waals surface area contributed by atoms with Crippen molar-refractivity contribution in [3.63, 3.8) is 0 Å². The molecule has 6 heteroatoms. The number of nitrogens with zero attached hydrogens (tertiary/aromatic N) is 2. The minimum Gasteiger partial charge on any atom is -0.339 e. The summed E-state index contributed by atoms with van der Waals surface area (Å²) >= 11 is 0. The van der Waals surface area contributed by atoms with Crippen molar-refractivity contribution in [2.24, 2.45) is 0 Å². The van der Waals surface area contributed by atoms with Crippen molar-refractivity contribution >= 4 is 22.4 Å². The maximum Gasteiger partial charge on any atom is 0.227 e. The van der Waals surface area contributed by atoms with Crippen LogP contribution in [0.15, 0.2) is 71.3 Å². The molecule has 27 heavy (non-hydrogen) atoms. The number of benzene rings is 3. The highest BCUT2D eigenvalue weighted by Gasteiger charge is 2.13. The number of rotatable bonds is 5. The molecule has 3 aromatic carbocycles. The SMILES string of the molecule is O=C(CCc1nc(-c2cccc3ccccc23)no1)Nc1ccc(F)cc1. The predicted molar refractivity (Wildman–Crippen MR) is 101 cm³/mol. The molecular weight excluding hydrogens is 345 g/mol. The number of halogens is 1. The second-order valence-electron chi connectivity index (χ2n) is 6.09. The number of aryl methyl sites for hydroxylation is 1. The van der Waals surface area contributed by atoms with E-state index in [1.165, 1.54) is 24.3 Å². The molecule has 0 fully saturated rings. The van der Waals surface area contributed by atoms with Gasteiger partial charge in [0.15, 0.2) is 0 Å². The van der Waals surface area contributed by atoms with Crippen LogP contribution in [-0.4, -0.2) is 16.0 Å². The van der Waals surface area contributed by atoms with Crippen molar-refractivity contribution < 1.29 is 13.7 Å². The van der Waals surface area contributed by atoms with Gasteiger partial charge in [-0.1, -0.05) is 47.6 Å². The fourth-order valence-corrected chi connectivity index (χ4v) is 2.86. The number of hydrogen-bond acceptors (Lipinski definition) is 4. The molecule has 0 unspecified atom stereocenters. The highest BCUT2D eigenvalue weighted by Crippen LogP contribution is 2.26. The van der Waals surface area contributed by atoms with Gasteiger partial charge in [-0.25, -0.2) is 4.39 Å². The molecule has 4 aromatic rings. The lowest BCUT2D eigenvalue weighted by Gasteiger charge is -2.03. The highest BCUT2D eigenvalue weighted by molar-refractivity contribution is 5.95. The zero-order valence-electron chi connectivity index (χ0n) is 14.4. The van der Waals surface area contributed by atoms with Crippen LogP contribution in [-0.2, 0) is 11.2 Å². The van der Waals surface area contributed by atoms with E-state index in [2.05, 4.69) is 15.5 Å². The maximum atomic E-state index is 12.9. The number of amides is 1. The summed E-state index contributed by atoms with van der Waals surface area (Å²) in [5, 5.41) is 8.90. The van der Waals surface area contributed by atoms with E-state index >= 15 is 0 Å². The van der Waals surface area contributed by atoms with Gasteiger partial charge in [0.05, 0.1) is 0 Å². The van der Waals surface area contributed by atoms with Gasteiger partial charge in [-0.2, -0.15) is 4.98 Å². The summed E-state index contributed by atoms with van der Waals surface area (Å²) in [6, 6.07) is 19.5. The van der Waals surface area contributed by atoms with E-state index in [1.54, 1.807) is 0 Å². The molecule has 1 N–H and O–H groups in total. The molecule has 0 spiro atoms. The average molecular weight is 361 g/mol. The molecule has 0 saturated heterocycles. The lowest BCUT2D eigenvalue weighted by Crippen LogP contribution is -2.12. The van der Waals surface area contributed by atoms with Crippen LogP contribution in [0, 0.1) is 5.82 Å². The summed E-state index contributed by atoms with van der Waals surface area (Å²) in [5.74, 6) is 0.347. The molecule has 0 bridgehead atoms. The van der Waals surface area contributed by atoms with Gasteiger partial charge in [0.1, 0.15) is 5.82 Å². The van der Waals surface area contributed by atoms with Crippen molar-refractivity contribution in [3.05, 3.63) is 78.4 Å². The van der Waals surface area contributed by atoms with Crippen molar-refractivity contribution in [1.82, 2.24) is 10.1 Å². The third-order valence-corrected chi connectivity index (χ3v) is 4.19. The summed E-state index contributed by atoms with van der Waals surface area (Å²) in [4.78, 5) is 16.4. The van der Waals surface area contributed by atoms with Gasteiger partial charge in [-0.05, 0) is 35.0 Å². The first kappa shape index (κ1) is 16.9. The van der Waals surface area contributed by atoms with Crippen LogP contribution in [0.25, 0.3) is 22.2 Å². The molecule has 134 valence electrons. The van der Waals surface area contributed by atoms with Crippen molar-refractivity contribution in [2.75, 3.05) is 5.32 Å². The van der Waals surface area contributed by atoms with Crippen LogP contribution >= 0.6 is 0 Å². The standard InChI is InChI=1S/C21H16FN3O2/c22-15-8-10-16(11-9-15)23-19(26)12-13-20-24-21(25-27-20)18-7-3-5-14-4-1-2-6-17(14)18/h1-11H,12-13H2,(H,23,26). The second kappa shape index (κ2) is 7.37. The molecule has 1 aromatic heterocycles. The first-order chi connectivity index (χ1) is 13.2. The number of carbonyl (C=O) groups is 1. The Balaban J connectivity index is 1.43. The van der Waals surface area contributed by atoms with Gasteiger partial charge in [0.2, 0.25) is 17.6 Å². The molecule has 0 aliphatic rings. The van der Waals surface area contributed by atoms with E-state index < -0.39 is 0 Å². The Morgan fingerprint density at radius 2 is 1.78 bits per heavy atom. The Labute approximate surface area is 154 Å². The minimum absolute atomic E-state index is 0.189. The molecular formula is C21H16FN3O2. The van der Waals surface area contributed by atoms with Gasteiger partial charge in [0.25, 0.3) is 0 Å². The van der Waals surface area contributed by atoms with E-state index in [4.69, 9.17) is 4.52 Å². The molecule has 4 rings (SSSR count). The second-order valence-corrected chi connectivity index (χ2v) is 6.09. The van der Waals surface area contributed by atoms with E-state index in [-0.39, 0.29) is 18.1 Å². The average Bonchev–Trinajstić information content (AvgIpc) is 3.17. The summed E-state index contributed by atoms with van der Waals surface area (Å²) in [6.45, 7) is 0. The fourth-order valence-electron chi connectivity index (χ4n) is 2.86. The number of carbonyl (C=O) groups excluding carboxylic acids is 1. The van der Waals surface area contributed by atoms with Crippen LogP contribution in [0.2, 0.25) is 0 Å². The first-order valence-electron chi connectivity index (χ1n) is 8.55. The number of fused-ring (bicyclic) bond motifs is 1. The van der Waals surface area contributed by atoms with Gasteiger partial charge < -0.3 is 9.84 Å². The molecule has 0 aliphatic carbocycles. The Morgan fingerprint density at radius 1 is 1.00 bits per heavy atom.